The zero-order chi connectivity index (χ0) is 18.9. The van der Waals surface area contributed by atoms with E-state index >= 15 is 0 Å². The number of hydrogen-bond acceptors (Lipinski definition) is 5. The molecule has 0 amide bonds. The molecule has 0 saturated heterocycles. The molecule has 0 radical (unpaired) electrons. The second kappa shape index (κ2) is 7.23. The summed E-state index contributed by atoms with van der Waals surface area (Å²) in [5.74, 6) is 2.77. The molecular formula is C21H30N4O. The minimum absolute atomic E-state index is 0.0309. The fourth-order valence-electron chi connectivity index (χ4n) is 3.44. The second-order valence-electron chi connectivity index (χ2n) is 8.20. The van der Waals surface area contributed by atoms with Crippen LogP contribution in [0.1, 0.15) is 57.5 Å². The fourth-order valence-corrected chi connectivity index (χ4v) is 3.44. The molecule has 0 unspecified atom stereocenters. The quantitative estimate of drug-likeness (QED) is 0.857. The number of rotatable bonds is 5. The summed E-state index contributed by atoms with van der Waals surface area (Å²) in [4.78, 5) is 11.9. The van der Waals surface area contributed by atoms with Crippen molar-refractivity contribution in [2.45, 2.75) is 65.1 Å². The Kier molecular flexibility index (Phi) is 5.19. The minimum atomic E-state index is -0.0483. The Labute approximate surface area is 156 Å². The molecule has 2 heterocycles. The van der Waals surface area contributed by atoms with Crippen LogP contribution in [-0.4, -0.2) is 33.3 Å². The Hall–Kier alpha value is -2.14. The number of aliphatic hydroxyl groups excluding tert-OH is 1. The highest BCUT2D eigenvalue weighted by molar-refractivity contribution is 5.54. The van der Waals surface area contributed by atoms with Crippen LogP contribution in [0, 0.1) is 0 Å². The van der Waals surface area contributed by atoms with Crippen molar-refractivity contribution in [1.82, 2.24) is 9.97 Å². The third-order valence-corrected chi connectivity index (χ3v) is 4.99. The number of nitrogens with zero attached hydrogens (tertiary/aromatic N) is 3. The van der Waals surface area contributed by atoms with Gasteiger partial charge in [0, 0.05) is 30.1 Å². The van der Waals surface area contributed by atoms with E-state index in [1.54, 1.807) is 0 Å². The molecule has 1 aliphatic rings. The van der Waals surface area contributed by atoms with E-state index in [9.17, 15) is 5.11 Å². The lowest BCUT2D eigenvalue weighted by atomic mass is 9.85. The van der Waals surface area contributed by atoms with Crippen molar-refractivity contribution in [3.8, 4) is 0 Å². The van der Waals surface area contributed by atoms with Gasteiger partial charge >= 0.3 is 0 Å². The fraction of sp³-hybridized carbons (Fsp3) is 0.524. The van der Waals surface area contributed by atoms with Gasteiger partial charge in [0.2, 0.25) is 0 Å². The number of anilines is 2. The first-order valence-corrected chi connectivity index (χ1v) is 9.41. The zero-order valence-corrected chi connectivity index (χ0v) is 16.5. The number of benzene rings is 1. The van der Waals surface area contributed by atoms with Gasteiger partial charge < -0.3 is 15.3 Å². The number of aromatic nitrogens is 2. The molecule has 3 rings (SSSR count). The largest absolute Gasteiger partial charge is 0.394 e. The number of fused-ring (bicyclic) bond motifs is 1. The number of aliphatic hydroxyl groups is 1. The van der Waals surface area contributed by atoms with Gasteiger partial charge in [0.05, 0.1) is 6.61 Å². The first kappa shape index (κ1) is 18.6. The average molecular weight is 354 g/mol. The van der Waals surface area contributed by atoms with E-state index in [0.29, 0.717) is 0 Å². The van der Waals surface area contributed by atoms with Crippen LogP contribution in [0.3, 0.4) is 0 Å². The number of hydrogen-bond donors (Lipinski definition) is 2. The Morgan fingerprint density at radius 1 is 1.15 bits per heavy atom. The van der Waals surface area contributed by atoms with Crippen molar-refractivity contribution in [2.24, 2.45) is 0 Å². The van der Waals surface area contributed by atoms with Gasteiger partial charge in [-0.2, -0.15) is 0 Å². The van der Waals surface area contributed by atoms with Crippen LogP contribution in [0.25, 0.3) is 0 Å². The lowest BCUT2D eigenvalue weighted by molar-refractivity contribution is 0.281. The summed E-state index contributed by atoms with van der Waals surface area (Å²) >= 11 is 0. The Morgan fingerprint density at radius 2 is 1.85 bits per heavy atom. The van der Waals surface area contributed by atoms with E-state index in [1.165, 1.54) is 11.1 Å². The standard InChI is InChI=1S/C21H30N4O/c1-14(2)20-23-18(22-15(3)13-26)10-19(24-20)25-12-17-9-7-6-8-16(17)11-21(25,4)5/h6-10,14-15,26H,11-13H2,1-5H3,(H,22,23,24)/t15-/m1/s1. The van der Waals surface area contributed by atoms with Crippen molar-refractivity contribution in [1.29, 1.82) is 0 Å². The highest BCUT2D eigenvalue weighted by Gasteiger charge is 2.34. The van der Waals surface area contributed by atoms with Crippen molar-refractivity contribution >= 4 is 11.6 Å². The predicted octanol–water partition coefficient (Wildman–Crippen LogP) is 3.73. The molecule has 0 saturated carbocycles. The zero-order valence-electron chi connectivity index (χ0n) is 16.5. The van der Waals surface area contributed by atoms with Gasteiger partial charge in [-0.05, 0) is 38.3 Å². The van der Waals surface area contributed by atoms with Crippen molar-refractivity contribution < 1.29 is 5.11 Å². The van der Waals surface area contributed by atoms with Crippen molar-refractivity contribution in [3.63, 3.8) is 0 Å². The summed E-state index contributed by atoms with van der Waals surface area (Å²) in [6.45, 7) is 11.6. The molecule has 0 aliphatic carbocycles. The SMILES string of the molecule is CC(C)c1nc(N[C@H](C)CO)cc(N2Cc3ccccc3CC2(C)C)n1. The Balaban J connectivity index is 2.01. The predicted molar refractivity (Wildman–Crippen MR) is 107 cm³/mol. The molecular weight excluding hydrogens is 324 g/mol. The molecule has 26 heavy (non-hydrogen) atoms. The summed E-state index contributed by atoms with van der Waals surface area (Å²) < 4.78 is 0. The van der Waals surface area contributed by atoms with Gasteiger partial charge in [-0.3, -0.25) is 0 Å². The normalized spacial score (nSPS) is 17.1. The maximum atomic E-state index is 9.37. The maximum Gasteiger partial charge on any atom is 0.135 e. The highest BCUT2D eigenvalue weighted by atomic mass is 16.3. The molecule has 0 spiro atoms. The number of nitrogens with one attached hydrogen (secondary N) is 1. The third-order valence-electron chi connectivity index (χ3n) is 4.99. The average Bonchev–Trinajstić information content (AvgIpc) is 2.59. The van der Waals surface area contributed by atoms with Gasteiger partial charge in [-0.1, -0.05) is 38.1 Å². The van der Waals surface area contributed by atoms with E-state index in [-0.39, 0.29) is 24.1 Å². The summed E-state index contributed by atoms with van der Waals surface area (Å²) in [6, 6.07) is 10.6. The summed E-state index contributed by atoms with van der Waals surface area (Å²) in [5, 5.41) is 12.7. The lowest BCUT2D eigenvalue weighted by Gasteiger charge is -2.44. The van der Waals surface area contributed by atoms with Crippen LogP contribution in [0.5, 0.6) is 0 Å². The lowest BCUT2D eigenvalue weighted by Crippen LogP contribution is -2.49. The van der Waals surface area contributed by atoms with E-state index < -0.39 is 0 Å². The van der Waals surface area contributed by atoms with Gasteiger partial charge in [-0.15, -0.1) is 0 Å². The summed E-state index contributed by atoms with van der Waals surface area (Å²) in [6.07, 6.45) is 0.986. The molecule has 1 aromatic carbocycles. The van der Waals surface area contributed by atoms with Gasteiger partial charge in [0.15, 0.2) is 0 Å². The molecule has 1 aliphatic heterocycles. The van der Waals surface area contributed by atoms with E-state index in [2.05, 4.69) is 67.2 Å². The highest BCUT2D eigenvalue weighted by Crippen LogP contribution is 2.35. The summed E-state index contributed by atoms with van der Waals surface area (Å²) in [5.41, 5.74) is 2.74. The Bertz CT molecular complexity index is 772. The molecule has 2 N–H and O–H groups in total. The first-order valence-electron chi connectivity index (χ1n) is 9.41. The van der Waals surface area contributed by atoms with E-state index in [0.717, 1.165) is 30.4 Å². The van der Waals surface area contributed by atoms with Crippen LogP contribution in [0.4, 0.5) is 11.6 Å². The molecule has 0 fully saturated rings. The minimum Gasteiger partial charge on any atom is -0.394 e. The van der Waals surface area contributed by atoms with E-state index in [1.807, 2.05) is 13.0 Å². The molecule has 5 nitrogen and oxygen atoms in total. The molecule has 5 heteroatoms. The molecule has 1 atom stereocenters. The first-order chi connectivity index (χ1) is 12.3. The smallest absolute Gasteiger partial charge is 0.135 e. The molecule has 0 bridgehead atoms. The van der Waals surface area contributed by atoms with Crippen molar-refractivity contribution in [3.05, 3.63) is 47.3 Å². The van der Waals surface area contributed by atoms with Crippen LogP contribution in [-0.2, 0) is 13.0 Å². The third kappa shape index (κ3) is 3.83. The van der Waals surface area contributed by atoms with Crippen LogP contribution >= 0.6 is 0 Å². The molecule has 2 aromatic rings. The van der Waals surface area contributed by atoms with Crippen LogP contribution < -0.4 is 10.2 Å². The topological polar surface area (TPSA) is 61.3 Å². The maximum absolute atomic E-state index is 9.37. The summed E-state index contributed by atoms with van der Waals surface area (Å²) in [7, 11) is 0. The van der Waals surface area contributed by atoms with Gasteiger partial charge in [0.1, 0.15) is 17.5 Å². The second-order valence-corrected chi connectivity index (χ2v) is 8.20. The van der Waals surface area contributed by atoms with E-state index in [4.69, 9.17) is 4.98 Å². The van der Waals surface area contributed by atoms with Gasteiger partial charge in [-0.25, -0.2) is 9.97 Å². The van der Waals surface area contributed by atoms with Crippen LogP contribution in [0.15, 0.2) is 30.3 Å². The Morgan fingerprint density at radius 3 is 2.50 bits per heavy atom. The van der Waals surface area contributed by atoms with Gasteiger partial charge in [0.25, 0.3) is 0 Å². The molecule has 1 aromatic heterocycles. The van der Waals surface area contributed by atoms with Crippen LogP contribution in [0.2, 0.25) is 0 Å². The monoisotopic (exact) mass is 354 g/mol. The molecule has 140 valence electrons. The van der Waals surface area contributed by atoms with Crippen molar-refractivity contribution in [2.75, 3.05) is 16.8 Å².